The number of nitrogens with zero attached hydrogens (tertiary/aromatic N) is 5. The van der Waals surface area contributed by atoms with E-state index in [9.17, 15) is 9.59 Å². The minimum Gasteiger partial charge on any atom is -0.408 e. The molecule has 0 fully saturated rings. The fourth-order valence-electron chi connectivity index (χ4n) is 2.89. The maximum Gasteiger partial charge on any atom is 0.419 e. The number of amides is 1. The molecular formula is C18H16N6O3. The van der Waals surface area contributed by atoms with Crippen LogP contribution < -0.4 is 11.1 Å². The first kappa shape index (κ1) is 16.7. The van der Waals surface area contributed by atoms with Gasteiger partial charge in [0.1, 0.15) is 6.33 Å². The fraction of sp³-hybridized carbons (Fsp3) is 0.167. The van der Waals surface area contributed by atoms with E-state index >= 15 is 0 Å². The van der Waals surface area contributed by atoms with Gasteiger partial charge in [0.05, 0.1) is 16.9 Å². The van der Waals surface area contributed by atoms with E-state index in [1.54, 1.807) is 12.1 Å². The Bertz CT molecular complexity index is 1130. The van der Waals surface area contributed by atoms with Gasteiger partial charge in [-0.25, -0.2) is 4.79 Å². The summed E-state index contributed by atoms with van der Waals surface area (Å²) >= 11 is 0. The van der Waals surface area contributed by atoms with Crippen LogP contribution in [0.1, 0.15) is 12.8 Å². The Balaban J connectivity index is 1.41. The third-order valence-corrected chi connectivity index (χ3v) is 4.13. The SMILES string of the molecule is O=C(CCCn1c(=O)oc2ccccc21)Nc1ccccc1-n1cnnn1. The summed E-state index contributed by atoms with van der Waals surface area (Å²) < 4.78 is 8.21. The van der Waals surface area contributed by atoms with Gasteiger partial charge in [-0.15, -0.1) is 5.10 Å². The number of carbonyl (C=O) groups is 1. The van der Waals surface area contributed by atoms with Gasteiger partial charge >= 0.3 is 5.76 Å². The normalized spacial score (nSPS) is 11.0. The molecule has 0 saturated carbocycles. The average Bonchev–Trinajstić information content (AvgIpc) is 3.31. The van der Waals surface area contributed by atoms with Crippen molar-refractivity contribution in [1.29, 1.82) is 0 Å². The molecule has 0 aliphatic rings. The zero-order valence-electron chi connectivity index (χ0n) is 14.3. The molecule has 0 saturated heterocycles. The van der Waals surface area contributed by atoms with Gasteiger partial charge in [-0.3, -0.25) is 9.36 Å². The molecule has 0 spiro atoms. The number of tetrazole rings is 1. The van der Waals surface area contributed by atoms with Gasteiger partial charge in [-0.2, -0.15) is 4.68 Å². The monoisotopic (exact) mass is 364 g/mol. The third kappa shape index (κ3) is 3.47. The second kappa shape index (κ2) is 7.24. The number of hydrogen-bond donors (Lipinski definition) is 1. The highest BCUT2D eigenvalue weighted by Gasteiger charge is 2.11. The van der Waals surface area contributed by atoms with E-state index in [0.29, 0.717) is 29.9 Å². The van der Waals surface area contributed by atoms with E-state index in [1.165, 1.54) is 15.6 Å². The Morgan fingerprint density at radius 3 is 2.78 bits per heavy atom. The zero-order valence-corrected chi connectivity index (χ0v) is 14.3. The second-order valence-corrected chi connectivity index (χ2v) is 5.91. The molecule has 0 aliphatic heterocycles. The highest BCUT2D eigenvalue weighted by Crippen LogP contribution is 2.19. The first-order chi connectivity index (χ1) is 13.2. The van der Waals surface area contributed by atoms with Crippen molar-refractivity contribution in [1.82, 2.24) is 24.8 Å². The van der Waals surface area contributed by atoms with Crippen LogP contribution in [0.2, 0.25) is 0 Å². The lowest BCUT2D eigenvalue weighted by Crippen LogP contribution is -2.17. The van der Waals surface area contributed by atoms with Crippen molar-refractivity contribution in [2.24, 2.45) is 0 Å². The van der Waals surface area contributed by atoms with E-state index < -0.39 is 5.76 Å². The fourth-order valence-corrected chi connectivity index (χ4v) is 2.89. The Hall–Kier alpha value is -3.75. The van der Waals surface area contributed by atoms with Crippen LogP contribution in [0.15, 0.2) is 64.1 Å². The van der Waals surface area contributed by atoms with Crippen molar-refractivity contribution in [2.45, 2.75) is 19.4 Å². The van der Waals surface area contributed by atoms with Crippen LogP contribution in [-0.2, 0) is 11.3 Å². The van der Waals surface area contributed by atoms with Crippen molar-refractivity contribution >= 4 is 22.7 Å². The van der Waals surface area contributed by atoms with Crippen LogP contribution in [-0.4, -0.2) is 30.7 Å². The summed E-state index contributed by atoms with van der Waals surface area (Å²) in [6.07, 6.45) is 2.22. The largest absolute Gasteiger partial charge is 0.419 e. The highest BCUT2D eigenvalue weighted by molar-refractivity contribution is 5.92. The number of aromatic nitrogens is 5. The van der Waals surface area contributed by atoms with Crippen molar-refractivity contribution in [3.63, 3.8) is 0 Å². The molecular weight excluding hydrogens is 348 g/mol. The molecule has 1 amide bonds. The molecule has 136 valence electrons. The van der Waals surface area contributed by atoms with E-state index in [1.807, 2.05) is 36.4 Å². The predicted octanol–water partition coefficient (Wildman–Crippen LogP) is 1.99. The quantitative estimate of drug-likeness (QED) is 0.560. The average molecular weight is 364 g/mol. The molecule has 0 aliphatic carbocycles. The third-order valence-electron chi connectivity index (χ3n) is 4.13. The summed E-state index contributed by atoms with van der Waals surface area (Å²) in [5.41, 5.74) is 2.56. The van der Waals surface area contributed by atoms with Crippen LogP contribution in [0.25, 0.3) is 16.8 Å². The maximum atomic E-state index is 12.3. The number of para-hydroxylation sites is 4. The molecule has 4 aromatic rings. The molecule has 27 heavy (non-hydrogen) atoms. The van der Waals surface area contributed by atoms with Gasteiger partial charge in [-0.1, -0.05) is 24.3 Å². The van der Waals surface area contributed by atoms with Crippen LogP contribution >= 0.6 is 0 Å². The van der Waals surface area contributed by atoms with E-state index in [4.69, 9.17) is 4.42 Å². The summed E-state index contributed by atoms with van der Waals surface area (Å²) in [6.45, 7) is 0.401. The molecule has 0 bridgehead atoms. The topological polar surface area (TPSA) is 108 Å². The molecule has 0 radical (unpaired) electrons. The summed E-state index contributed by atoms with van der Waals surface area (Å²) in [5.74, 6) is -0.572. The first-order valence-corrected chi connectivity index (χ1v) is 8.43. The van der Waals surface area contributed by atoms with Gasteiger partial charge in [0.15, 0.2) is 5.58 Å². The number of rotatable bonds is 6. The lowest BCUT2D eigenvalue weighted by Gasteiger charge is -2.10. The highest BCUT2D eigenvalue weighted by atomic mass is 16.4. The van der Waals surface area contributed by atoms with E-state index in [0.717, 1.165) is 5.52 Å². The molecule has 0 unspecified atom stereocenters. The Labute approximate surface area is 153 Å². The van der Waals surface area contributed by atoms with Crippen LogP contribution in [0.3, 0.4) is 0 Å². The molecule has 2 aromatic heterocycles. The number of fused-ring (bicyclic) bond motifs is 1. The minimum atomic E-state index is -0.416. The summed E-state index contributed by atoms with van der Waals surface area (Å²) in [7, 11) is 0. The predicted molar refractivity (Wildman–Crippen MR) is 97.5 cm³/mol. The molecule has 9 heteroatoms. The smallest absolute Gasteiger partial charge is 0.408 e. The Kier molecular flexibility index (Phi) is 4.48. The number of nitrogens with one attached hydrogen (secondary N) is 1. The minimum absolute atomic E-state index is 0.156. The molecule has 9 nitrogen and oxygen atoms in total. The van der Waals surface area contributed by atoms with E-state index in [2.05, 4.69) is 20.8 Å². The number of aryl methyl sites for hydroxylation is 1. The van der Waals surface area contributed by atoms with Gasteiger partial charge in [-0.05, 0) is 41.1 Å². The Morgan fingerprint density at radius 1 is 1.11 bits per heavy atom. The number of hydrogen-bond acceptors (Lipinski definition) is 6. The maximum absolute atomic E-state index is 12.3. The van der Waals surface area contributed by atoms with Crippen molar-refractivity contribution in [3.8, 4) is 5.69 Å². The molecule has 4 rings (SSSR count). The molecule has 2 heterocycles. The summed E-state index contributed by atoms with van der Waals surface area (Å²) in [6, 6.07) is 14.5. The first-order valence-electron chi connectivity index (χ1n) is 8.43. The van der Waals surface area contributed by atoms with Gasteiger partial charge in [0.2, 0.25) is 5.91 Å². The molecule has 1 N–H and O–H groups in total. The second-order valence-electron chi connectivity index (χ2n) is 5.91. The van der Waals surface area contributed by atoms with Crippen LogP contribution in [0.5, 0.6) is 0 Å². The van der Waals surface area contributed by atoms with Gasteiger partial charge < -0.3 is 9.73 Å². The summed E-state index contributed by atoms with van der Waals surface area (Å²) in [4.78, 5) is 24.3. The molecule has 2 aromatic carbocycles. The van der Waals surface area contributed by atoms with Gasteiger partial charge in [0, 0.05) is 13.0 Å². The lowest BCUT2D eigenvalue weighted by molar-refractivity contribution is -0.116. The number of oxazole rings is 1. The van der Waals surface area contributed by atoms with Crippen molar-refractivity contribution < 1.29 is 9.21 Å². The lowest BCUT2D eigenvalue weighted by atomic mass is 10.2. The molecule has 0 atom stereocenters. The number of carbonyl (C=O) groups excluding carboxylic acids is 1. The van der Waals surface area contributed by atoms with E-state index in [-0.39, 0.29) is 12.3 Å². The number of anilines is 1. The zero-order chi connectivity index (χ0) is 18.6. The standard InChI is InChI=1S/C18H16N6O3/c25-17(20-13-6-1-2-7-14(13)24-12-19-21-22-24)10-5-11-23-15-8-3-4-9-16(15)27-18(23)26/h1-4,6-9,12H,5,10-11H2,(H,20,25). The van der Waals surface area contributed by atoms with Crippen LogP contribution in [0.4, 0.5) is 5.69 Å². The van der Waals surface area contributed by atoms with Crippen LogP contribution in [0, 0.1) is 0 Å². The number of benzene rings is 2. The Morgan fingerprint density at radius 2 is 1.93 bits per heavy atom. The summed E-state index contributed by atoms with van der Waals surface area (Å²) in [5, 5.41) is 13.9. The van der Waals surface area contributed by atoms with Crippen molar-refractivity contribution in [3.05, 3.63) is 65.4 Å². The van der Waals surface area contributed by atoms with Gasteiger partial charge in [0.25, 0.3) is 0 Å². The van der Waals surface area contributed by atoms with Crippen molar-refractivity contribution in [2.75, 3.05) is 5.32 Å².